The summed E-state index contributed by atoms with van der Waals surface area (Å²) in [6.07, 6.45) is -0.606. The van der Waals surface area contributed by atoms with Crippen LogP contribution in [0.2, 0.25) is 0 Å². The lowest BCUT2D eigenvalue weighted by Gasteiger charge is -2.10. The number of hydrogen-bond donors (Lipinski definition) is 1. The van der Waals surface area contributed by atoms with E-state index in [2.05, 4.69) is 16.1 Å². The Labute approximate surface area is 65.4 Å². The third-order valence-electron chi connectivity index (χ3n) is 1.08. The molecule has 0 bridgehead atoms. The predicted octanol–water partition coefficient (Wildman–Crippen LogP) is 0.0705. The fraction of sp³-hybridized carbons (Fsp3) is 0.571. The van der Waals surface area contributed by atoms with Crippen molar-refractivity contribution in [3.05, 3.63) is 12.2 Å². The maximum Gasteiger partial charge on any atom is 0.338 e. The number of aliphatic hydroxyl groups is 1. The second-order valence-corrected chi connectivity index (χ2v) is 1.97. The van der Waals surface area contributed by atoms with Crippen LogP contribution in [0.5, 0.6) is 0 Å². The number of methoxy groups -OCH3 is 1. The number of ether oxygens (including phenoxy) is 2. The molecule has 0 saturated heterocycles. The van der Waals surface area contributed by atoms with Crippen molar-refractivity contribution in [2.45, 2.75) is 13.2 Å². The first-order valence-corrected chi connectivity index (χ1v) is 3.14. The molecule has 0 aliphatic carbocycles. The van der Waals surface area contributed by atoms with E-state index in [4.69, 9.17) is 5.11 Å². The van der Waals surface area contributed by atoms with E-state index in [0.29, 0.717) is 0 Å². The SMILES string of the molecule is C=C(CO)C(=O)OC(C)OC. The Balaban J connectivity index is 3.77. The first-order chi connectivity index (χ1) is 5.11. The van der Waals surface area contributed by atoms with Crippen LogP contribution < -0.4 is 0 Å². The molecular formula is C7H12O4. The van der Waals surface area contributed by atoms with Crippen LogP contribution in [0.25, 0.3) is 0 Å². The highest BCUT2D eigenvalue weighted by molar-refractivity contribution is 5.87. The van der Waals surface area contributed by atoms with Crippen LogP contribution in [0.4, 0.5) is 0 Å². The van der Waals surface area contributed by atoms with Gasteiger partial charge in [-0.15, -0.1) is 0 Å². The third-order valence-corrected chi connectivity index (χ3v) is 1.08. The van der Waals surface area contributed by atoms with Gasteiger partial charge < -0.3 is 14.6 Å². The molecule has 0 radical (unpaired) electrons. The molecule has 0 rings (SSSR count). The lowest BCUT2D eigenvalue weighted by Crippen LogP contribution is -2.18. The summed E-state index contributed by atoms with van der Waals surface area (Å²) in [4.78, 5) is 10.8. The van der Waals surface area contributed by atoms with Gasteiger partial charge in [-0.25, -0.2) is 4.79 Å². The van der Waals surface area contributed by atoms with Gasteiger partial charge in [-0.3, -0.25) is 0 Å². The van der Waals surface area contributed by atoms with E-state index < -0.39 is 18.9 Å². The van der Waals surface area contributed by atoms with Gasteiger partial charge in [0.15, 0.2) is 6.29 Å². The Morgan fingerprint density at radius 1 is 1.73 bits per heavy atom. The van der Waals surface area contributed by atoms with Crippen molar-refractivity contribution in [1.29, 1.82) is 0 Å². The summed E-state index contributed by atoms with van der Waals surface area (Å²) in [5, 5.41) is 8.45. The standard InChI is InChI=1S/C7H12O4/c1-5(4-8)7(9)11-6(2)10-3/h6,8H,1,4H2,2-3H3. The van der Waals surface area contributed by atoms with E-state index >= 15 is 0 Å². The van der Waals surface area contributed by atoms with Crippen LogP contribution in [0, 0.1) is 0 Å². The van der Waals surface area contributed by atoms with Gasteiger partial charge in [-0.05, 0) is 6.92 Å². The second kappa shape index (κ2) is 4.87. The number of carbonyl (C=O) groups excluding carboxylic acids is 1. The molecule has 0 heterocycles. The van der Waals surface area contributed by atoms with E-state index in [1.165, 1.54) is 7.11 Å². The Morgan fingerprint density at radius 3 is 2.64 bits per heavy atom. The summed E-state index contributed by atoms with van der Waals surface area (Å²) in [6.45, 7) is 4.46. The largest absolute Gasteiger partial charge is 0.433 e. The average Bonchev–Trinajstić information content (AvgIpc) is 2.02. The smallest absolute Gasteiger partial charge is 0.338 e. The number of hydrogen-bond acceptors (Lipinski definition) is 4. The van der Waals surface area contributed by atoms with Crippen molar-refractivity contribution < 1.29 is 19.4 Å². The van der Waals surface area contributed by atoms with E-state index in [9.17, 15) is 4.79 Å². The first kappa shape index (κ1) is 10.1. The molecule has 0 spiro atoms. The maximum atomic E-state index is 10.8. The molecule has 1 atom stereocenters. The summed E-state index contributed by atoms with van der Waals surface area (Å²) < 4.78 is 9.28. The van der Waals surface area contributed by atoms with Crippen molar-refractivity contribution in [2.24, 2.45) is 0 Å². The first-order valence-electron chi connectivity index (χ1n) is 3.14. The Hall–Kier alpha value is -0.870. The Kier molecular flexibility index (Phi) is 4.49. The number of rotatable bonds is 4. The quantitative estimate of drug-likeness (QED) is 0.359. The molecule has 1 N–H and O–H groups in total. The van der Waals surface area contributed by atoms with Crippen LogP contribution in [0.15, 0.2) is 12.2 Å². The molecule has 11 heavy (non-hydrogen) atoms. The van der Waals surface area contributed by atoms with Gasteiger partial charge in [0.25, 0.3) is 0 Å². The normalized spacial score (nSPS) is 12.3. The lowest BCUT2D eigenvalue weighted by atomic mass is 10.3. The van der Waals surface area contributed by atoms with Crippen LogP contribution in [-0.2, 0) is 14.3 Å². The molecule has 0 aliphatic rings. The fourth-order valence-electron chi connectivity index (χ4n) is 0.347. The minimum absolute atomic E-state index is 0.0221. The van der Waals surface area contributed by atoms with Crippen molar-refractivity contribution in [3.8, 4) is 0 Å². The zero-order chi connectivity index (χ0) is 8.85. The van der Waals surface area contributed by atoms with Crippen LogP contribution in [-0.4, -0.2) is 31.1 Å². The Bertz CT molecular complexity index is 153. The number of carbonyl (C=O) groups is 1. The summed E-state index contributed by atoms with van der Waals surface area (Å²) in [5.74, 6) is -0.637. The molecule has 1 unspecified atom stereocenters. The molecule has 0 aliphatic heterocycles. The summed E-state index contributed by atoms with van der Waals surface area (Å²) in [6, 6.07) is 0. The minimum atomic E-state index is -0.637. The minimum Gasteiger partial charge on any atom is -0.433 e. The van der Waals surface area contributed by atoms with Gasteiger partial charge in [-0.2, -0.15) is 0 Å². The van der Waals surface area contributed by atoms with Crippen molar-refractivity contribution in [1.82, 2.24) is 0 Å². The number of aliphatic hydroxyl groups excluding tert-OH is 1. The Morgan fingerprint density at radius 2 is 2.27 bits per heavy atom. The molecule has 0 amide bonds. The van der Waals surface area contributed by atoms with E-state index in [1.54, 1.807) is 6.92 Å². The molecule has 0 aromatic heterocycles. The maximum absolute atomic E-state index is 10.8. The molecular weight excluding hydrogens is 148 g/mol. The summed E-state index contributed by atoms with van der Waals surface area (Å²) in [7, 11) is 1.42. The van der Waals surface area contributed by atoms with Gasteiger partial charge in [0.1, 0.15) is 0 Å². The third kappa shape index (κ3) is 3.75. The molecule has 0 aromatic rings. The molecule has 4 heteroatoms. The summed E-state index contributed by atoms with van der Waals surface area (Å²) >= 11 is 0. The van der Waals surface area contributed by atoms with Gasteiger partial charge in [0.2, 0.25) is 0 Å². The van der Waals surface area contributed by atoms with Gasteiger partial charge in [0.05, 0.1) is 12.2 Å². The van der Waals surface area contributed by atoms with E-state index in [0.717, 1.165) is 0 Å². The monoisotopic (exact) mass is 160 g/mol. The van der Waals surface area contributed by atoms with Crippen molar-refractivity contribution in [3.63, 3.8) is 0 Å². The lowest BCUT2D eigenvalue weighted by molar-refractivity contribution is -0.165. The zero-order valence-electron chi connectivity index (χ0n) is 6.66. The highest BCUT2D eigenvalue weighted by Gasteiger charge is 2.10. The van der Waals surface area contributed by atoms with E-state index in [1.807, 2.05) is 0 Å². The highest BCUT2D eigenvalue weighted by Crippen LogP contribution is 1.98. The average molecular weight is 160 g/mol. The molecule has 0 saturated carbocycles. The van der Waals surface area contributed by atoms with Crippen molar-refractivity contribution >= 4 is 5.97 Å². The highest BCUT2D eigenvalue weighted by atomic mass is 16.7. The molecule has 0 fully saturated rings. The van der Waals surface area contributed by atoms with Crippen molar-refractivity contribution in [2.75, 3.05) is 13.7 Å². The van der Waals surface area contributed by atoms with Crippen LogP contribution in [0.1, 0.15) is 6.92 Å². The second-order valence-electron chi connectivity index (χ2n) is 1.97. The number of esters is 1. The summed E-state index contributed by atoms with van der Waals surface area (Å²) in [5.41, 5.74) is 0.0221. The molecule has 4 nitrogen and oxygen atoms in total. The predicted molar refractivity (Wildman–Crippen MR) is 38.8 cm³/mol. The van der Waals surface area contributed by atoms with Gasteiger partial charge >= 0.3 is 5.97 Å². The topological polar surface area (TPSA) is 55.8 Å². The fourth-order valence-corrected chi connectivity index (χ4v) is 0.347. The molecule has 64 valence electrons. The van der Waals surface area contributed by atoms with Gasteiger partial charge in [0, 0.05) is 7.11 Å². The van der Waals surface area contributed by atoms with Crippen LogP contribution >= 0.6 is 0 Å². The van der Waals surface area contributed by atoms with E-state index in [-0.39, 0.29) is 5.57 Å². The van der Waals surface area contributed by atoms with Crippen LogP contribution in [0.3, 0.4) is 0 Å². The molecule has 0 aromatic carbocycles. The van der Waals surface area contributed by atoms with Gasteiger partial charge in [-0.1, -0.05) is 6.58 Å². The zero-order valence-corrected chi connectivity index (χ0v) is 6.66.